The molecule has 2 heterocycles. The topological polar surface area (TPSA) is 105 Å². The predicted octanol–water partition coefficient (Wildman–Crippen LogP) is 6.71. The number of aryl methyl sites for hydroxylation is 3. The number of benzene rings is 3. The summed E-state index contributed by atoms with van der Waals surface area (Å²) < 4.78 is 71.8. The quantitative estimate of drug-likeness (QED) is 0.229. The third kappa shape index (κ3) is 6.09. The Labute approximate surface area is 260 Å². The predicted molar refractivity (Wildman–Crippen MR) is 164 cm³/mol. The first kappa shape index (κ1) is 32.6. The van der Waals surface area contributed by atoms with Crippen molar-refractivity contribution >= 4 is 27.0 Å². The van der Waals surface area contributed by atoms with Gasteiger partial charge in [0.1, 0.15) is 5.52 Å². The number of nitrogens with zero attached hydrogens (tertiary/aromatic N) is 4. The number of carboxylic acid groups (broad SMARTS) is 1. The molecule has 0 spiro atoms. The Hall–Kier alpha value is -3.77. The van der Waals surface area contributed by atoms with Crippen molar-refractivity contribution in [2.24, 2.45) is 11.8 Å². The summed E-state index contributed by atoms with van der Waals surface area (Å²) in [6.07, 6.45) is -3.69. The number of halogens is 3. The number of carbonyl (C=O) groups is 1. The van der Waals surface area contributed by atoms with E-state index in [4.69, 9.17) is 0 Å². The number of aromatic nitrogens is 3. The van der Waals surface area contributed by atoms with Gasteiger partial charge in [0.25, 0.3) is 0 Å². The SMILES string of the molecule is CC[C@H]1Cc2ccc(C(F)(F)F)cc2S(=O)(=O)N(Cc2cc([C@@H](c3ccc4c(nnn4CC)c3C)[C@@H](C)C(=O)O)ccc2C)C1. The van der Waals surface area contributed by atoms with Gasteiger partial charge in [0.05, 0.1) is 21.9 Å². The van der Waals surface area contributed by atoms with Gasteiger partial charge in [0.2, 0.25) is 10.0 Å². The molecule has 1 aliphatic rings. The summed E-state index contributed by atoms with van der Waals surface area (Å²) in [6, 6.07) is 12.3. The van der Waals surface area contributed by atoms with Gasteiger partial charge in [-0.1, -0.05) is 55.8 Å². The highest BCUT2D eigenvalue weighted by Gasteiger charge is 2.38. The van der Waals surface area contributed by atoms with E-state index in [0.29, 0.717) is 41.6 Å². The number of fused-ring (bicyclic) bond motifs is 2. The monoisotopic (exact) mass is 642 g/mol. The molecule has 1 N–H and O–H groups in total. The maximum absolute atomic E-state index is 14.0. The van der Waals surface area contributed by atoms with E-state index in [1.54, 1.807) is 11.6 Å². The molecule has 3 atom stereocenters. The van der Waals surface area contributed by atoms with E-state index in [-0.39, 0.29) is 23.9 Å². The van der Waals surface area contributed by atoms with E-state index >= 15 is 0 Å². The van der Waals surface area contributed by atoms with Crippen LogP contribution >= 0.6 is 0 Å². The molecule has 0 saturated heterocycles. The largest absolute Gasteiger partial charge is 0.481 e. The number of hydrogen-bond acceptors (Lipinski definition) is 5. The Morgan fingerprint density at radius 1 is 1.09 bits per heavy atom. The van der Waals surface area contributed by atoms with Crippen LogP contribution in [0.15, 0.2) is 53.4 Å². The maximum atomic E-state index is 14.0. The Morgan fingerprint density at radius 2 is 1.82 bits per heavy atom. The molecule has 12 heteroatoms. The minimum Gasteiger partial charge on any atom is -0.481 e. The van der Waals surface area contributed by atoms with Gasteiger partial charge in [-0.3, -0.25) is 4.79 Å². The normalized spacial score (nSPS) is 18.4. The third-order valence-electron chi connectivity index (χ3n) is 9.15. The fourth-order valence-electron chi connectivity index (χ4n) is 6.34. The number of aliphatic carboxylic acids is 1. The second kappa shape index (κ2) is 12.2. The first-order chi connectivity index (χ1) is 21.2. The average molecular weight is 643 g/mol. The lowest BCUT2D eigenvalue weighted by Crippen LogP contribution is -2.33. The van der Waals surface area contributed by atoms with Crippen LogP contribution in [0.25, 0.3) is 11.0 Å². The summed E-state index contributed by atoms with van der Waals surface area (Å²) in [7, 11) is -4.28. The van der Waals surface area contributed by atoms with Crippen LogP contribution in [0.5, 0.6) is 0 Å². The van der Waals surface area contributed by atoms with Crippen molar-refractivity contribution in [1.82, 2.24) is 19.3 Å². The van der Waals surface area contributed by atoms with E-state index in [1.165, 1.54) is 10.4 Å². The molecule has 1 aromatic heterocycles. The highest BCUT2D eigenvalue weighted by Crippen LogP contribution is 2.39. The minimum absolute atomic E-state index is 0.0643. The van der Waals surface area contributed by atoms with Gasteiger partial charge < -0.3 is 5.11 Å². The summed E-state index contributed by atoms with van der Waals surface area (Å²) in [5.74, 6) is -2.50. The summed E-state index contributed by atoms with van der Waals surface area (Å²) in [5, 5.41) is 18.7. The van der Waals surface area contributed by atoms with Gasteiger partial charge >= 0.3 is 12.1 Å². The molecule has 0 unspecified atom stereocenters. The number of rotatable bonds is 8. The minimum atomic E-state index is -4.68. The van der Waals surface area contributed by atoms with Crippen LogP contribution in [0.1, 0.15) is 72.1 Å². The molecule has 5 rings (SSSR count). The van der Waals surface area contributed by atoms with Crippen LogP contribution in [0.4, 0.5) is 13.2 Å². The fraction of sp³-hybridized carbons (Fsp3) is 0.424. The molecule has 8 nitrogen and oxygen atoms in total. The molecule has 0 radical (unpaired) electrons. The van der Waals surface area contributed by atoms with Crippen molar-refractivity contribution in [2.75, 3.05) is 6.54 Å². The number of alkyl halides is 3. The summed E-state index contributed by atoms with van der Waals surface area (Å²) in [5.41, 5.74) is 4.62. The zero-order valence-electron chi connectivity index (χ0n) is 25.9. The van der Waals surface area contributed by atoms with Crippen LogP contribution in [0, 0.1) is 25.7 Å². The Balaban J connectivity index is 1.60. The zero-order chi connectivity index (χ0) is 32.8. The van der Waals surface area contributed by atoms with Gasteiger partial charge in [0.15, 0.2) is 0 Å². The molecule has 45 heavy (non-hydrogen) atoms. The summed E-state index contributed by atoms with van der Waals surface area (Å²) in [6.45, 7) is 9.98. The smallest absolute Gasteiger partial charge is 0.416 e. The second-order valence-electron chi connectivity index (χ2n) is 11.9. The van der Waals surface area contributed by atoms with E-state index in [9.17, 15) is 31.5 Å². The Kier molecular flexibility index (Phi) is 8.85. The Bertz CT molecular complexity index is 1870. The number of sulfonamides is 1. The lowest BCUT2D eigenvalue weighted by molar-refractivity contribution is -0.141. The first-order valence-electron chi connectivity index (χ1n) is 15.0. The molecule has 240 valence electrons. The fourth-order valence-corrected chi connectivity index (χ4v) is 8.09. The zero-order valence-corrected chi connectivity index (χ0v) is 26.7. The highest BCUT2D eigenvalue weighted by molar-refractivity contribution is 7.89. The van der Waals surface area contributed by atoms with Crippen LogP contribution < -0.4 is 0 Å². The highest BCUT2D eigenvalue weighted by atomic mass is 32.2. The standard InChI is InChI=1S/C33H37F3N4O4S/c1-6-22-14-23-10-11-26(33(34,35)36)16-29(23)45(43,44)39(17-22)18-25-15-24(9-8-19(25)3)30(21(5)32(41)42)27-12-13-28-31(20(27)4)37-38-40(28)7-2/h8-13,15-16,21-22,30H,6-7,14,17-18H2,1-5H3,(H,41,42)/t21-,22+,30+/m1/s1. The summed E-state index contributed by atoms with van der Waals surface area (Å²) in [4.78, 5) is 12.1. The van der Waals surface area contributed by atoms with Gasteiger partial charge in [-0.25, -0.2) is 13.1 Å². The molecule has 0 fully saturated rings. The van der Waals surface area contributed by atoms with E-state index < -0.39 is 39.6 Å². The van der Waals surface area contributed by atoms with Crippen molar-refractivity contribution in [3.8, 4) is 0 Å². The Morgan fingerprint density at radius 3 is 2.47 bits per heavy atom. The van der Waals surface area contributed by atoms with E-state index in [0.717, 1.165) is 34.3 Å². The molecule has 0 saturated carbocycles. The lowest BCUT2D eigenvalue weighted by atomic mass is 9.79. The van der Waals surface area contributed by atoms with Crippen molar-refractivity contribution < 1.29 is 31.5 Å². The van der Waals surface area contributed by atoms with Crippen LogP contribution in [-0.4, -0.2) is 45.3 Å². The van der Waals surface area contributed by atoms with E-state index in [2.05, 4.69) is 10.3 Å². The molecule has 0 amide bonds. The van der Waals surface area contributed by atoms with Crippen molar-refractivity contribution in [2.45, 2.75) is 77.5 Å². The number of carboxylic acids is 1. The van der Waals surface area contributed by atoms with Crippen LogP contribution in [-0.2, 0) is 40.5 Å². The molecular weight excluding hydrogens is 605 g/mol. The van der Waals surface area contributed by atoms with Crippen molar-refractivity contribution in [3.63, 3.8) is 0 Å². The first-order valence-corrected chi connectivity index (χ1v) is 16.5. The van der Waals surface area contributed by atoms with E-state index in [1.807, 2.05) is 58.0 Å². The molecule has 4 aromatic rings. The van der Waals surface area contributed by atoms with Crippen molar-refractivity contribution in [1.29, 1.82) is 0 Å². The molecule has 0 aliphatic carbocycles. The lowest BCUT2D eigenvalue weighted by Gasteiger charge is -2.27. The molecular formula is C33H37F3N4O4S. The average Bonchev–Trinajstić information content (AvgIpc) is 3.38. The van der Waals surface area contributed by atoms with Gasteiger partial charge in [-0.15, -0.1) is 5.10 Å². The van der Waals surface area contributed by atoms with Gasteiger partial charge in [-0.05, 0) is 84.7 Å². The number of hydrogen-bond donors (Lipinski definition) is 1. The molecule has 3 aromatic carbocycles. The third-order valence-corrected chi connectivity index (χ3v) is 11.0. The molecule has 1 aliphatic heterocycles. The summed E-state index contributed by atoms with van der Waals surface area (Å²) >= 11 is 0. The van der Waals surface area contributed by atoms with Crippen molar-refractivity contribution in [3.05, 3.63) is 87.5 Å². The molecule has 0 bridgehead atoms. The van der Waals surface area contributed by atoms with Crippen LogP contribution in [0.3, 0.4) is 0 Å². The van der Waals surface area contributed by atoms with Gasteiger partial charge in [0, 0.05) is 25.6 Å². The maximum Gasteiger partial charge on any atom is 0.416 e. The second-order valence-corrected chi connectivity index (χ2v) is 13.8. The van der Waals surface area contributed by atoms with Gasteiger partial charge in [-0.2, -0.15) is 17.5 Å². The van der Waals surface area contributed by atoms with Crippen LogP contribution in [0.2, 0.25) is 0 Å².